The van der Waals surface area contributed by atoms with Crippen molar-refractivity contribution in [3.8, 4) is 11.1 Å². The number of amides is 1. The number of nitrogens with two attached hydrogens (primary N) is 1. The maximum atomic E-state index is 13.2. The van der Waals surface area contributed by atoms with Crippen LogP contribution >= 0.6 is 0 Å². The summed E-state index contributed by atoms with van der Waals surface area (Å²) >= 11 is 0. The van der Waals surface area contributed by atoms with Crippen LogP contribution in [0.15, 0.2) is 48.5 Å². The summed E-state index contributed by atoms with van der Waals surface area (Å²) in [6.07, 6.45) is 3.21. The number of carbonyl (C=O) groups excluding carboxylic acids is 1. The number of aryl methyl sites for hydroxylation is 1. The lowest BCUT2D eigenvalue weighted by molar-refractivity contribution is -0.0464. The van der Waals surface area contributed by atoms with Gasteiger partial charge in [-0.1, -0.05) is 36.4 Å². The fraction of sp³-hybridized carbons (Fsp3) is 0.381. The normalized spacial score (nSPS) is 17.4. The molecule has 1 aliphatic carbocycles. The molecule has 0 unspecified atom stereocenters. The molecular formula is C21H23F2NO. The third-order valence-corrected chi connectivity index (χ3v) is 5.11. The second kappa shape index (κ2) is 7.34. The highest BCUT2D eigenvalue weighted by molar-refractivity contribution is 5.94. The Kier molecular flexibility index (Phi) is 5.16. The van der Waals surface area contributed by atoms with E-state index >= 15 is 0 Å². The molecule has 0 bridgehead atoms. The third kappa shape index (κ3) is 4.65. The molecule has 0 spiro atoms. The Morgan fingerprint density at radius 3 is 2.36 bits per heavy atom. The largest absolute Gasteiger partial charge is 0.366 e. The van der Waals surface area contributed by atoms with Crippen molar-refractivity contribution < 1.29 is 13.6 Å². The van der Waals surface area contributed by atoms with E-state index in [-0.39, 0.29) is 12.8 Å². The fourth-order valence-corrected chi connectivity index (χ4v) is 3.48. The summed E-state index contributed by atoms with van der Waals surface area (Å²) in [5.74, 6) is -2.47. The van der Waals surface area contributed by atoms with Crippen LogP contribution in [-0.2, 0) is 6.42 Å². The topological polar surface area (TPSA) is 43.1 Å². The van der Waals surface area contributed by atoms with Crippen molar-refractivity contribution in [2.75, 3.05) is 0 Å². The molecule has 25 heavy (non-hydrogen) atoms. The van der Waals surface area contributed by atoms with Crippen LogP contribution < -0.4 is 5.73 Å². The number of carbonyl (C=O) groups is 1. The molecule has 0 saturated heterocycles. The molecule has 2 aromatic carbocycles. The van der Waals surface area contributed by atoms with Crippen LogP contribution in [0.3, 0.4) is 0 Å². The summed E-state index contributed by atoms with van der Waals surface area (Å²) < 4.78 is 26.4. The maximum absolute atomic E-state index is 13.2. The molecule has 1 amide bonds. The number of primary amides is 1. The molecule has 2 N–H and O–H groups in total. The first-order chi connectivity index (χ1) is 11.9. The first-order valence-corrected chi connectivity index (χ1v) is 8.80. The molecule has 0 heterocycles. The lowest BCUT2D eigenvalue weighted by Gasteiger charge is -2.28. The van der Waals surface area contributed by atoms with Crippen LogP contribution in [0, 0.1) is 5.92 Å². The van der Waals surface area contributed by atoms with Crippen molar-refractivity contribution in [3.63, 3.8) is 0 Å². The van der Waals surface area contributed by atoms with Gasteiger partial charge < -0.3 is 5.73 Å². The quantitative estimate of drug-likeness (QED) is 0.795. The van der Waals surface area contributed by atoms with E-state index in [9.17, 15) is 13.6 Å². The summed E-state index contributed by atoms with van der Waals surface area (Å²) in [6, 6.07) is 15.5. The highest BCUT2D eigenvalue weighted by Crippen LogP contribution is 2.37. The summed E-state index contributed by atoms with van der Waals surface area (Å²) in [4.78, 5) is 11.3. The van der Waals surface area contributed by atoms with Crippen LogP contribution in [0.4, 0.5) is 8.78 Å². The molecular weight excluding hydrogens is 320 g/mol. The lowest BCUT2D eigenvalue weighted by atomic mass is 9.83. The van der Waals surface area contributed by atoms with Crippen molar-refractivity contribution in [3.05, 3.63) is 59.7 Å². The minimum Gasteiger partial charge on any atom is -0.366 e. The highest BCUT2D eigenvalue weighted by atomic mass is 19.3. The number of hydrogen-bond acceptors (Lipinski definition) is 1. The van der Waals surface area contributed by atoms with E-state index in [1.54, 1.807) is 12.1 Å². The van der Waals surface area contributed by atoms with Gasteiger partial charge in [-0.3, -0.25) is 4.79 Å². The predicted octanol–water partition coefficient (Wildman–Crippen LogP) is 5.21. The van der Waals surface area contributed by atoms with Gasteiger partial charge in [-0.25, -0.2) is 8.78 Å². The number of benzene rings is 2. The molecule has 3 rings (SSSR count). The fourth-order valence-electron chi connectivity index (χ4n) is 3.48. The van der Waals surface area contributed by atoms with Gasteiger partial charge >= 0.3 is 0 Å². The van der Waals surface area contributed by atoms with Crippen molar-refractivity contribution >= 4 is 5.91 Å². The van der Waals surface area contributed by atoms with Crippen molar-refractivity contribution in [2.45, 2.75) is 44.4 Å². The Morgan fingerprint density at radius 2 is 1.72 bits per heavy atom. The first kappa shape index (κ1) is 17.6. The maximum Gasteiger partial charge on any atom is 0.248 e. The molecule has 0 aromatic heterocycles. The zero-order valence-electron chi connectivity index (χ0n) is 14.2. The summed E-state index contributed by atoms with van der Waals surface area (Å²) in [5.41, 5.74) is 9.02. The summed E-state index contributed by atoms with van der Waals surface area (Å²) in [5, 5.41) is 0. The van der Waals surface area contributed by atoms with Crippen molar-refractivity contribution in [1.29, 1.82) is 0 Å². The standard InChI is InChI=1S/C21H23F2NO/c22-21(23)12-10-16(11-13-21)5-4-15-6-8-17(9-7-15)18-2-1-3-19(14-18)20(24)25/h1-3,6-9,14,16H,4-5,10-13H2,(H2,24,25). The number of hydrogen-bond donors (Lipinski definition) is 1. The van der Waals surface area contributed by atoms with Gasteiger partial charge in [-0.05, 0) is 60.4 Å². The Labute approximate surface area is 147 Å². The molecule has 0 radical (unpaired) electrons. The highest BCUT2D eigenvalue weighted by Gasteiger charge is 2.34. The molecule has 1 fully saturated rings. The minimum atomic E-state index is -2.45. The zero-order chi connectivity index (χ0) is 17.9. The van der Waals surface area contributed by atoms with E-state index in [0.29, 0.717) is 24.3 Å². The minimum absolute atomic E-state index is 0.0345. The Morgan fingerprint density at radius 1 is 1.04 bits per heavy atom. The average molecular weight is 343 g/mol. The molecule has 0 aliphatic heterocycles. The van der Waals surface area contributed by atoms with E-state index in [2.05, 4.69) is 12.1 Å². The van der Waals surface area contributed by atoms with Gasteiger partial charge in [0.05, 0.1) is 0 Å². The summed E-state index contributed by atoms with van der Waals surface area (Å²) in [6.45, 7) is 0. The smallest absolute Gasteiger partial charge is 0.248 e. The van der Waals surface area contributed by atoms with Crippen molar-refractivity contribution in [1.82, 2.24) is 0 Å². The molecule has 4 heteroatoms. The van der Waals surface area contributed by atoms with Crippen LogP contribution in [0.5, 0.6) is 0 Å². The van der Waals surface area contributed by atoms with E-state index in [1.807, 2.05) is 24.3 Å². The predicted molar refractivity (Wildman–Crippen MR) is 95.6 cm³/mol. The zero-order valence-corrected chi connectivity index (χ0v) is 14.2. The average Bonchev–Trinajstić information content (AvgIpc) is 2.61. The first-order valence-electron chi connectivity index (χ1n) is 8.80. The van der Waals surface area contributed by atoms with Gasteiger partial charge in [0.25, 0.3) is 0 Å². The van der Waals surface area contributed by atoms with E-state index in [4.69, 9.17) is 5.73 Å². The summed E-state index contributed by atoms with van der Waals surface area (Å²) in [7, 11) is 0. The Balaban J connectivity index is 1.59. The third-order valence-electron chi connectivity index (χ3n) is 5.11. The van der Waals surface area contributed by atoms with Crippen LogP contribution in [-0.4, -0.2) is 11.8 Å². The second-order valence-electron chi connectivity index (χ2n) is 6.98. The van der Waals surface area contributed by atoms with Gasteiger partial charge in [0, 0.05) is 18.4 Å². The molecule has 0 atom stereocenters. The Hall–Kier alpha value is -2.23. The van der Waals surface area contributed by atoms with Gasteiger partial charge in [0.1, 0.15) is 0 Å². The van der Waals surface area contributed by atoms with E-state index in [0.717, 1.165) is 24.0 Å². The van der Waals surface area contributed by atoms with Gasteiger partial charge in [-0.15, -0.1) is 0 Å². The molecule has 1 aliphatic rings. The molecule has 132 valence electrons. The SMILES string of the molecule is NC(=O)c1cccc(-c2ccc(CCC3CCC(F)(F)CC3)cc2)c1. The van der Waals surface area contributed by atoms with E-state index < -0.39 is 11.8 Å². The van der Waals surface area contributed by atoms with Crippen LogP contribution in [0.2, 0.25) is 0 Å². The lowest BCUT2D eigenvalue weighted by Crippen LogP contribution is -2.24. The number of halogens is 2. The van der Waals surface area contributed by atoms with Crippen molar-refractivity contribution in [2.24, 2.45) is 11.7 Å². The van der Waals surface area contributed by atoms with E-state index in [1.165, 1.54) is 5.56 Å². The van der Waals surface area contributed by atoms with Gasteiger partial charge in [0.15, 0.2) is 0 Å². The molecule has 2 aromatic rings. The van der Waals surface area contributed by atoms with Gasteiger partial charge in [-0.2, -0.15) is 0 Å². The molecule has 2 nitrogen and oxygen atoms in total. The Bertz CT molecular complexity index is 730. The van der Waals surface area contributed by atoms with Crippen LogP contribution in [0.1, 0.15) is 48.0 Å². The number of alkyl halides is 2. The second-order valence-corrected chi connectivity index (χ2v) is 6.98. The van der Waals surface area contributed by atoms with Crippen LogP contribution in [0.25, 0.3) is 11.1 Å². The number of rotatable bonds is 5. The van der Waals surface area contributed by atoms with Gasteiger partial charge in [0.2, 0.25) is 11.8 Å². The molecule has 1 saturated carbocycles. The monoisotopic (exact) mass is 343 g/mol.